The second kappa shape index (κ2) is 13.1. The van der Waals surface area contributed by atoms with E-state index < -0.39 is 9.85 Å². The zero-order valence-corrected chi connectivity index (χ0v) is 23.9. The maximum atomic E-state index is 13.4. The quantitative estimate of drug-likeness (QED) is 0.103. The molecule has 0 spiro atoms. The van der Waals surface area contributed by atoms with Gasteiger partial charge in [0.2, 0.25) is 5.75 Å². The number of nitro groups is 2. The summed E-state index contributed by atoms with van der Waals surface area (Å²) in [5.41, 5.74) is 0.426. The molecule has 1 aromatic heterocycles. The first-order chi connectivity index (χ1) is 19.7. The lowest BCUT2D eigenvalue weighted by Gasteiger charge is -2.13. The molecule has 0 aliphatic heterocycles. The Morgan fingerprint density at radius 1 is 1.05 bits per heavy atom. The molecule has 0 radical (unpaired) electrons. The van der Waals surface area contributed by atoms with Crippen LogP contribution < -0.4 is 15.0 Å². The number of nitro benzene ring substituents is 2. The Bertz CT molecular complexity index is 1700. The molecule has 0 aliphatic rings. The molecule has 0 amide bonds. The summed E-state index contributed by atoms with van der Waals surface area (Å²) in [7, 11) is 0. The maximum Gasteiger partial charge on any atom is 0.315 e. The number of hydrogen-bond acceptors (Lipinski definition) is 9. The molecule has 0 saturated heterocycles. The zero-order valence-electron chi connectivity index (χ0n) is 22.3. The van der Waals surface area contributed by atoms with Gasteiger partial charge in [-0.1, -0.05) is 41.4 Å². The summed E-state index contributed by atoms with van der Waals surface area (Å²) < 4.78 is 13.3. The predicted octanol–water partition coefficient (Wildman–Crippen LogP) is 6.18. The third-order valence-corrected chi connectivity index (χ3v) is 6.50. The van der Waals surface area contributed by atoms with Crippen LogP contribution in [0.1, 0.15) is 43.6 Å². The molecule has 3 aromatic carbocycles. The van der Waals surface area contributed by atoms with E-state index in [-0.39, 0.29) is 41.6 Å². The van der Waals surface area contributed by atoms with Crippen molar-refractivity contribution >= 4 is 44.4 Å². The van der Waals surface area contributed by atoms with Gasteiger partial charge in [-0.2, -0.15) is 9.78 Å². The van der Waals surface area contributed by atoms with Gasteiger partial charge in [0.05, 0.1) is 33.6 Å². The number of ether oxygens (including phenoxy) is 2. The van der Waals surface area contributed by atoms with Crippen LogP contribution in [0.2, 0.25) is 0 Å². The average Bonchev–Trinajstić information content (AvgIpc) is 2.95. The van der Waals surface area contributed by atoms with Gasteiger partial charge in [0, 0.05) is 34.7 Å². The van der Waals surface area contributed by atoms with E-state index in [0.29, 0.717) is 34.3 Å². The molecule has 1 heterocycles. The van der Waals surface area contributed by atoms with E-state index in [1.807, 2.05) is 13.0 Å². The lowest BCUT2D eigenvalue weighted by atomic mass is 10.1. The Balaban J connectivity index is 1.74. The van der Waals surface area contributed by atoms with Crippen LogP contribution in [-0.2, 0) is 13.0 Å². The molecule has 0 fully saturated rings. The van der Waals surface area contributed by atoms with Crippen LogP contribution in [0.25, 0.3) is 10.9 Å². The second-order valence-corrected chi connectivity index (χ2v) is 9.84. The summed E-state index contributed by atoms with van der Waals surface area (Å²) >= 11 is 3.38. The van der Waals surface area contributed by atoms with Crippen molar-refractivity contribution < 1.29 is 19.3 Å². The van der Waals surface area contributed by atoms with Crippen molar-refractivity contribution in [2.45, 2.75) is 39.7 Å². The van der Waals surface area contributed by atoms with Gasteiger partial charge in [-0.25, -0.2) is 4.98 Å². The summed E-state index contributed by atoms with van der Waals surface area (Å²) in [6.07, 6.45) is 3.53. The van der Waals surface area contributed by atoms with E-state index in [0.717, 1.165) is 17.3 Å². The van der Waals surface area contributed by atoms with Crippen LogP contribution in [0.5, 0.6) is 11.5 Å². The van der Waals surface area contributed by atoms with Crippen LogP contribution in [0.3, 0.4) is 0 Å². The molecule has 0 N–H and O–H groups in total. The van der Waals surface area contributed by atoms with E-state index in [1.165, 1.54) is 41.2 Å². The molecule has 0 unspecified atom stereocenters. The molecule has 0 aliphatic carbocycles. The summed E-state index contributed by atoms with van der Waals surface area (Å²) in [6, 6.07) is 13.8. The Morgan fingerprint density at radius 3 is 2.56 bits per heavy atom. The first-order valence-electron chi connectivity index (χ1n) is 12.8. The van der Waals surface area contributed by atoms with Crippen molar-refractivity contribution in [1.82, 2.24) is 9.66 Å². The van der Waals surface area contributed by atoms with Crippen molar-refractivity contribution in [1.29, 1.82) is 0 Å². The van der Waals surface area contributed by atoms with Crippen molar-refractivity contribution in [3.63, 3.8) is 0 Å². The maximum absolute atomic E-state index is 13.4. The smallest absolute Gasteiger partial charge is 0.315 e. The Morgan fingerprint density at radius 2 is 1.85 bits per heavy atom. The summed E-state index contributed by atoms with van der Waals surface area (Å²) in [4.78, 5) is 40.0. The molecular formula is C28H26BrN5O7. The molecular weight excluding hydrogens is 598 g/mol. The van der Waals surface area contributed by atoms with Crippen molar-refractivity contribution in [3.8, 4) is 11.5 Å². The van der Waals surface area contributed by atoms with Gasteiger partial charge in [0.25, 0.3) is 11.2 Å². The van der Waals surface area contributed by atoms with Crippen molar-refractivity contribution in [3.05, 3.63) is 107 Å². The predicted molar refractivity (Wildman–Crippen MR) is 157 cm³/mol. The Kier molecular flexibility index (Phi) is 9.40. The topological polar surface area (TPSA) is 152 Å². The van der Waals surface area contributed by atoms with Gasteiger partial charge in [0.1, 0.15) is 12.4 Å². The number of halogens is 1. The highest BCUT2D eigenvalue weighted by molar-refractivity contribution is 9.10. The first kappa shape index (κ1) is 29.3. The van der Waals surface area contributed by atoms with E-state index >= 15 is 0 Å². The molecule has 0 saturated carbocycles. The molecule has 4 rings (SSSR count). The highest BCUT2D eigenvalue weighted by Crippen LogP contribution is 2.39. The first-order valence-corrected chi connectivity index (χ1v) is 13.6. The van der Waals surface area contributed by atoms with Crippen LogP contribution in [0.15, 0.2) is 69.0 Å². The molecule has 0 atom stereocenters. The van der Waals surface area contributed by atoms with E-state index in [9.17, 15) is 25.0 Å². The fraction of sp³-hybridized carbons (Fsp3) is 0.250. The summed E-state index contributed by atoms with van der Waals surface area (Å²) in [6.45, 7) is 3.77. The minimum atomic E-state index is -0.614. The highest BCUT2D eigenvalue weighted by Gasteiger charge is 2.23. The largest absolute Gasteiger partial charge is 0.490 e. The summed E-state index contributed by atoms with van der Waals surface area (Å²) in [5, 5.41) is 27.9. The fourth-order valence-electron chi connectivity index (χ4n) is 4.08. The normalized spacial score (nSPS) is 11.2. The SMILES string of the molecule is CCCCc1nc2ccc(Br)cc2c(=O)n1N=Cc1cc(OCC)c(OCc2cccc([N+](=O)[O-])c2)c([N+](=O)[O-])c1. The second-order valence-electron chi connectivity index (χ2n) is 8.93. The number of hydrogen-bond donors (Lipinski definition) is 0. The van der Waals surface area contributed by atoms with E-state index in [2.05, 4.69) is 26.0 Å². The number of benzene rings is 3. The molecule has 13 heteroatoms. The minimum absolute atomic E-state index is 0.0905. The van der Waals surface area contributed by atoms with Gasteiger partial charge in [-0.15, -0.1) is 0 Å². The van der Waals surface area contributed by atoms with Crippen LogP contribution in [0, 0.1) is 20.2 Å². The average molecular weight is 624 g/mol. The number of non-ortho nitro benzene ring substituents is 1. The lowest BCUT2D eigenvalue weighted by molar-refractivity contribution is -0.386. The lowest BCUT2D eigenvalue weighted by Crippen LogP contribution is -2.22. The van der Waals surface area contributed by atoms with Gasteiger partial charge in [0.15, 0.2) is 5.75 Å². The van der Waals surface area contributed by atoms with Crippen LogP contribution in [-0.4, -0.2) is 32.3 Å². The third-order valence-electron chi connectivity index (χ3n) is 6.01. The zero-order chi connectivity index (χ0) is 29.5. The number of unbranched alkanes of at least 4 members (excludes halogenated alkanes) is 1. The third kappa shape index (κ3) is 6.92. The van der Waals surface area contributed by atoms with Crippen LogP contribution >= 0.6 is 15.9 Å². The van der Waals surface area contributed by atoms with Crippen molar-refractivity contribution in [2.24, 2.45) is 5.10 Å². The molecule has 212 valence electrons. The van der Waals surface area contributed by atoms with Gasteiger partial charge in [-0.05, 0) is 43.2 Å². The Labute approximate surface area is 242 Å². The number of aryl methyl sites for hydroxylation is 1. The Hall–Kier alpha value is -4.65. The van der Waals surface area contributed by atoms with Gasteiger partial charge < -0.3 is 9.47 Å². The fourth-order valence-corrected chi connectivity index (χ4v) is 4.44. The van der Waals surface area contributed by atoms with E-state index in [1.54, 1.807) is 25.1 Å². The van der Waals surface area contributed by atoms with Gasteiger partial charge >= 0.3 is 5.69 Å². The summed E-state index contributed by atoms with van der Waals surface area (Å²) in [5.74, 6) is 0.436. The number of nitrogens with zero attached hydrogens (tertiary/aromatic N) is 5. The van der Waals surface area contributed by atoms with Gasteiger partial charge in [-0.3, -0.25) is 25.0 Å². The number of fused-ring (bicyclic) bond motifs is 1. The van der Waals surface area contributed by atoms with Crippen molar-refractivity contribution in [2.75, 3.05) is 6.61 Å². The monoisotopic (exact) mass is 623 g/mol. The molecule has 0 bridgehead atoms. The minimum Gasteiger partial charge on any atom is -0.490 e. The number of aromatic nitrogens is 2. The molecule has 12 nitrogen and oxygen atoms in total. The van der Waals surface area contributed by atoms with Crippen LogP contribution in [0.4, 0.5) is 11.4 Å². The number of rotatable bonds is 12. The highest BCUT2D eigenvalue weighted by atomic mass is 79.9. The molecule has 4 aromatic rings. The molecule has 41 heavy (non-hydrogen) atoms. The standard InChI is InChI=1S/C28H26BrN5O7/c1-3-5-9-26-31-23-11-10-20(29)15-22(23)28(35)32(26)30-16-19-13-24(34(38)39)27(25(14-19)40-4-2)41-17-18-7-6-8-21(12-18)33(36)37/h6-8,10-16H,3-5,9,17H2,1-2H3. The van der Waals surface area contributed by atoms with E-state index in [4.69, 9.17) is 9.47 Å².